The van der Waals surface area contributed by atoms with E-state index in [1.807, 2.05) is 32.0 Å². The van der Waals surface area contributed by atoms with Gasteiger partial charge in [-0.15, -0.1) is 0 Å². The first-order valence-corrected chi connectivity index (χ1v) is 9.63. The van der Waals surface area contributed by atoms with Gasteiger partial charge in [0.05, 0.1) is 12.6 Å². The third-order valence-electron chi connectivity index (χ3n) is 4.86. The van der Waals surface area contributed by atoms with Crippen molar-refractivity contribution >= 4 is 23.2 Å². The molecule has 1 aliphatic rings. The lowest BCUT2D eigenvalue weighted by atomic mass is 10.1. The molecule has 1 fully saturated rings. The number of carbonyl (C=O) groups excluding carboxylic acids is 2. The monoisotopic (exact) mass is 381 g/mol. The molecule has 0 bridgehead atoms. The second kappa shape index (κ2) is 9.37. The quantitative estimate of drug-likeness (QED) is 0.688. The van der Waals surface area contributed by atoms with Crippen LogP contribution in [0.1, 0.15) is 34.3 Å². The molecule has 1 unspecified atom stereocenters. The first-order chi connectivity index (χ1) is 13.5. The van der Waals surface area contributed by atoms with E-state index in [1.165, 1.54) is 0 Å². The van der Waals surface area contributed by atoms with Gasteiger partial charge in [0, 0.05) is 30.1 Å². The molecular formula is C22H27N3O3. The highest BCUT2D eigenvalue weighted by molar-refractivity contribution is 5.96. The van der Waals surface area contributed by atoms with Crippen molar-refractivity contribution in [2.45, 2.75) is 32.8 Å². The summed E-state index contributed by atoms with van der Waals surface area (Å²) in [4.78, 5) is 24.4. The predicted molar refractivity (Wildman–Crippen MR) is 111 cm³/mol. The summed E-state index contributed by atoms with van der Waals surface area (Å²) in [5.41, 5.74) is 4.29. The summed E-state index contributed by atoms with van der Waals surface area (Å²) in [6.07, 6.45) is 2.17. The molecule has 0 spiro atoms. The summed E-state index contributed by atoms with van der Waals surface area (Å²) >= 11 is 0. The van der Waals surface area contributed by atoms with E-state index >= 15 is 0 Å². The molecule has 1 heterocycles. The smallest absolute Gasteiger partial charge is 0.251 e. The van der Waals surface area contributed by atoms with Crippen LogP contribution in [0.5, 0.6) is 0 Å². The van der Waals surface area contributed by atoms with E-state index in [1.54, 1.807) is 24.3 Å². The lowest BCUT2D eigenvalue weighted by molar-refractivity contribution is -0.114. The van der Waals surface area contributed by atoms with Gasteiger partial charge in [0.1, 0.15) is 0 Å². The number of carbonyl (C=O) groups is 2. The first-order valence-electron chi connectivity index (χ1n) is 9.63. The zero-order valence-corrected chi connectivity index (χ0v) is 16.4. The Balaban J connectivity index is 1.47. The molecule has 2 aromatic carbocycles. The molecule has 2 aromatic rings. The van der Waals surface area contributed by atoms with Crippen LogP contribution in [0.4, 0.5) is 11.4 Å². The summed E-state index contributed by atoms with van der Waals surface area (Å²) in [7, 11) is 0. The number of rotatable bonds is 7. The number of ether oxygens (including phenoxy) is 1. The second-order valence-electron chi connectivity index (χ2n) is 7.09. The Hall–Kier alpha value is -2.86. The van der Waals surface area contributed by atoms with Crippen molar-refractivity contribution in [3.63, 3.8) is 0 Å². The van der Waals surface area contributed by atoms with E-state index in [9.17, 15) is 9.59 Å². The molecule has 0 radical (unpaired) electrons. The number of hydrogen-bond donors (Lipinski definition) is 3. The lowest BCUT2D eigenvalue weighted by Gasteiger charge is -2.13. The Morgan fingerprint density at radius 1 is 1.07 bits per heavy atom. The van der Waals surface area contributed by atoms with Gasteiger partial charge in [0.15, 0.2) is 0 Å². The van der Waals surface area contributed by atoms with Crippen LogP contribution >= 0.6 is 0 Å². The average molecular weight is 381 g/mol. The fourth-order valence-electron chi connectivity index (χ4n) is 3.23. The van der Waals surface area contributed by atoms with Crippen LogP contribution in [-0.2, 0) is 9.53 Å². The van der Waals surface area contributed by atoms with Gasteiger partial charge < -0.3 is 20.7 Å². The highest BCUT2D eigenvalue weighted by Crippen LogP contribution is 2.19. The average Bonchev–Trinajstić information content (AvgIpc) is 3.21. The van der Waals surface area contributed by atoms with Crippen LogP contribution < -0.4 is 16.0 Å². The van der Waals surface area contributed by atoms with Crippen LogP contribution in [0, 0.1) is 13.8 Å². The Labute approximate surface area is 165 Å². The number of anilines is 2. The van der Waals surface area contributed by atoms with Crippen molar-refractivity contribution in [3.05, 3.63) is 59.2 Å². The van der Waals surface area contributed by atoms with Gasteiger partial charge in [0.25, 0.3) is 5.91 Å². The van der Waals surface area contributed by atoms with Gasteiger partial charge in [-0.2, -0.15) is 0 Å². The van der Waals surface area contributed by atoms with Crippen LogP contribution in [0.15, 0.2) is 42.5 Å². The molecule has 28 heavy (non-hydrogen) atoms. The number of aryl methyl sites for hydroxylation is 2. The molecule has 0 aromatic heterocycles. The van der Waals surface area contributed by atoms with E-state index in [4.69, 9.17) is 4.74 Å². The van der Waals surface area contributed by atoms with E-state index in [2.05, 4.69) is 16.0 Å². The fraction of sp³-hybridized carbons (Fsp3) is 0.364. The third-order valence-corrected chi connectivity index (χ3v) is 4.86. The molecule has 3 rings (SSSR count). The van der Waals surface area contributed by atoms with Crippen molar-refractivity contribution in [2.24, 2.45) is 0 Å². The maximum atomic E-state index is 12.2. The molecule has 6 nitrogen and oxygen atoms in total. The Morgan fingerprint density at radius 3 is 2.43 bits per heavy atom. The van der Waals surface area contributed by atoms with Gasteiger partial charge >= 0.3 is 0 Å². The van der Waals surface area contributed by atoms with Gasteiger partial charge in [-0.1, -0.05) is 18.2 Å². The Morgan fingerprint density at radius 2 is 1.79 bits per heavy atom. The largest absolute Gasteiger partial charge is 0.376 e. The maximum absolute atomic E-state index is 12.2. The third kappa shape index (κ3) is 5.33. The highest BCUT2D eigenvalue weighted by atomic mass is 16.5. The maximum Gasteiger partial charge on any atom is 0.251 e. The minimum Gasteiger partial charge on any atom is -0.376 e. The summed E-state index contributed by atoms with van der Waals surface area (Å²) in [5.74, 6) is -0.231. The second-order valence-corrected chi connectivity index (χ2v) is 7.09. The number of benzene rings is 2. The molecular weight excluding hydrogens is 354 g/mol. The topological polar surface area (TPSA) is 79.5 Å². The highest BCUT2D eigenvalue weighted by Gasteiger charge is 2.16. The van der Waals surface area contributed by atoms with E-state index in [0.717, 1.165) is 42.0 Å². The molecule has 6 heteroatoms. The Bertz CT molecular complexity index is 807. The molecule has 0 saturated carbocycles. The first kappa shape index (κ1) is 19.9. The van der Waals surface area contributed by atoms with E-state index in [-0.39, 0.29) is 24.5 Å². The summed E-state index contributed by atoms with van der Waals surface area (Å²) in [5, 5.41) is 8.93. The molecule has 0 aliphatic carbocycles. The molecule has 3 N–H and O–H groups in total. The van der Waals surface area contributed by atoms with Gasteiger partial charge in [-0.25, -0.2) is 0 Å². The molecule has 1 aliphatic heterocycles. The van der Waals surface area contributed by atoms with Gasteiger partial charge in [0.2, 0.25) is 5.91 Å². The standard InChI is InChI=1S/C22H27N3O3/c1-15-5-3-6-16(2)21(15)25-20(26)14-23-18-10-8-17(9-11-18)22(27)24-13-19-7-4-12-28-19/h3,5-6,8-11,19,23H,4,7,12-14H2,1-2H3,(H,24,27)(H,25,26). The summed E-state index contributed by atoms with van der Waals surface area (Å²) in [6.45, 7) is 5.41. The zero-order valence-electron chi connectivity index (χ0n) is 16.4. The normalized spacial score (nSPS) is 15.9. The minimum absolute atomic E-state index is 0.115. The van der Waals surface area contributed by atoms with Crippen LogP contribution in [0.3, 0.4) is 0 Å². The van der Waals surface area contributed by atoms with E-state index in [0.29, 0.717) is 12.1 Å². The van der Waals surface area contributed by atoms with Crippen molar-refractivity contribution in [1.29, 1.82) is 0 Å². The van der Waals surface area contributed by atoms with Crippen LogP contribution in [0.25, 0.3) is 0 Å². The summed E-state index contributed by atoms with van der Waals surface area (Å²) in [6, 6.07) is 13.0. The number of nitrogens with one attached hydrogen (secondary N) is 3. The lowest BCUT2D eigenvalue weighted by Crippen LogP contribution is -2.31. The minimum atomic E-state index is -0.116. The van der Waals surface area contributed by atoms with Crippen molar-refractivity contribution in [3.8, 4) is 0 Å². The Kier molecular flexibility index (Phi) is 6.66. The van der Waals surface area contributed by atoms with Crippen molar-refractivity contribution in [1.82, 2.24) is 5.32 Å². The molecule has 1 atom stereocenters. The predicted octanol–water partition coefficient (Wildman–Crippen LogP) is 3.26. The summed E-state index contributed by atoms with van der Waals surface area (Å²) < 4.78 is 5.51. The van der Waals surface area contributed by atoms with Gasteiger partial charge in [-0.05, 0) is 62.1 Å². The van der Waals surface area contributed by atoms with Crippen molar-refractivity contribution in [2.75, 3.05) is 30.3 Å². The van der Waals surface area contributed by atoms with E-state index < -0.39 is 0 Å². The molecule has 2 amide bonds. The number of para-hydroxylation sites is 1. The number of hydrogen-bond acceptors (Lipinski definition) is 4. The van der Waals surface area contributed by atoms with Crippen LogP contribution in [-0.4, -0.2) is 37.6 Å². The molecule has 148 valence electrons. The van der Waals surface area contributed by atoms with Crippen LogP contribution in [0.2, 0.25) is 0 Å². The van der Waals surface area contributed by atoms with Crippen molar-refractivity contribution < 1.29 is 14.3 Å². The molecule has 1 saturated heterocycles. The fourth-order valence-corrected chi connectivity index (χ4v) is 3.23. The SMILES string of the molecule is Cc1cccc(C)c1NC(=O)CNc1ccc(C(=O)NCC2CCCO2)cc1. The number of amides is 2. The zero-order chi connectivity index (χ0) is 19.9. The van der Waals surface area contributed by atoms with Gasteiger partial charge in [-0.3, -0.25) is 9.59 Å².